The van der Waals surface area contributed by atoms with Gasteiger partial charge >= 0.3 is 0 Å². The molecule has 0 aromatic heterocycles. The van der Waals surface area contributed by atoms with Crippen LogP contribution in [0.2, 0.25) is 0 Å². The normalized spacial score (nSPS) is 23.0. The third kappa shape index (κ3) is 6.64. The fourth-order valence-electron chi connectivity index (χ4n) is 12.4. The van der Waals surface area contributed by atoms with Gasteiger partial charge in [0.1, 0.15) is 0 Å². The van der Waals surface area contributed by atoms with E-state index in [0.29, 0.717) is 0 Å². The summed E-state index contributed by atoms with van der Waals surface area (Å²) in [5.74, 6) is 1.62. The Balaban J connectivity index is 1.40. The van der Waals surface area contributed by atoms with E-state index >= 15 is 0 Å². The second kappa shape index (κ2) is 15.3. The van der Waals surface area contributed by atoms with Gasteiger partial charge in [0.25, 0.3) is 0 Å². The molecule has 0 bridgehead atoms. The van der Waals surface area contributed by atoms with Gasteiger partial charge in [-0.05, 0) is 158 Å². The van der Waals surface area contributed by atoms with Gasteiger partial charge in [0.05, 0.1) is 0 Å². The van der Waals surface area contributed by atoms with Crippen LogP contribution in [0.15, 0.2) is 60.7 Å². The molecule has 4 aromatic rings. The standard InChI is InChI=1S/C52H68/c1-9-11-13-15-17-19-41-31-51-33-42(20-18-16-14-12-10-2)34-52(51,32-41)48-30-44(50-39(7)27-36(4)28-40(50)8)22-24-46(48)45-23-21-43(29-47(45)51)49-37(5)25-35(3)26-38(49)6/h21-30,41-42H,9-20,31-34H2,1-8H3. The van der Waals surface area contributed by atoms with E-state index in [2.05, 4.69) is 116 Å². The number of unbranched alkanes of at least 4 members (excludes halogenated alkanes) is 8. The average molecular weight is 693 g/mol. The molecule has 3 aliphatic carbocycles. The first-order valence-electron chi connectivity index (χ1n) is 21.6. The monoisotopic (exact) mass is 693 g/mol. The molecule has 0 atom stereocenters. The highest BCUT2D eigenvalue weighted by Crippen LogP contribution is 2.73. The van der Waals surface area contributed by atoms with E-state index in [-0.39, 0.29) is 10.8 Å². The molecule has 0 amide bonds. The van der Waals surface area contributed by atoms with Crippen LogP contribution in [-0.2, 0) is 10.8 Å². The van der Waals surface area contributed by atoms with E-state index in [4.69, 9.17) is 0 Å². The maximum absolute atomic E-state index is 2.73. The SMILES string of the molecule is CCCCCCCC1CC23CC(CCCCCCC)CC2(C1)c1cc(-c2c(C)cc(C)cc2C)ccc1-c1ccc(-c2c(C)cc(C)cc2C)cc13. The summed E-state index contributed by atoms with van der Waals surface area (Å²) in [6.45, 7) is 18.5. The molecule has 0 N–H and O–H groups in total. The number of benzene rings is 4. The van der Waals surface area contributed by atoms with Crippen LogP contribution in [0.3, 0.4) is 0 Å². The van der Waals surface area contributed by atoms with E-state index in [1.54, 1.807) is 11.1 Å². The smallest absolute Gasteiger partial charge is 0.00618 e. The Morgan fingerprint density at radius 1 is 0.442 bits per heavy atom. The Labute approximate surface area is 318 Å². The van der Waals surface area contributed by atoms with Gasteiger partial charge in [0.15, 0.2) is 0 Å². The molecule has 52 heavy (non-hydrogen) atoms. The molecule has 0 nitrogen and oxygen atoms in total. The van der Waals surface area contributed by atoms with Gasteiger partial charge in [-0.3, -0.25) is 0 Å². The van der Waals surface area contributed by atoms with Crippen molar-refractivity contribution in [1.29, 1.82) is 0 Å². The molecule has 0 heterocycles. The molecule has 0 spiro atoms. The molecule has 7 rings (SSSR count). The Morgan fingerprint density at radius 3 is 1.13 bits per heavy atom. The minimum absolute atomic E-state index is 0.218. The van der Waals surface area contributed by atoms with Crippen LogP contribution in [-0.4, -0.2) is 0 Å². The maximum Gasteiger partial charge on any atom is 0.00618 e. The van der Waals surface area contributed by atoms with Crippen LogP contribution in [0.5, 0.6) is 0 Å². The molecule has 0 heteroatoms. The second-order valence-electron chi connectivity index (χ2n) is 18.2. The van der Waals surface area contributed by atoms with Crippen LogP contribution >= 0.6 is 0 Å². The zero-order chi connectivity index (χ0) is 36.6. The lowest BCUT2D eigenvalue weighted by Crippen LogP contribution is -2.43. The highest BCUT2D eigenvalue weighted by molar-refractivity contribution is 5.86. The average Bonchev–Trinajstić information content (AvgIpc) is 3.58. The lowest BCUT2D eigenvalue weighted by molar-refractivity contribution is 0.299. The van der Waals surface area contributed by atoms with E-state index in [1.165, 1.54) is 169 Å². The van der Waals surface area contributed by atoms with Gasteiger partial charge in [-0.1, -0.05) is 151 Å². The summed E-state index contributed by atoms with van der Waals surface area (Å²) in [5, 5.41) is 0. The highest BCUT2D eigenvalue weighted by atomic mass is 14.7. The van der Waals surface area contributed by atoms with Crippen LogP contribution in [0.1, 0.15) is 161 Å². The Hall–Kier alpha value is -3.12. The minimum Gasteiger partial charge on any atom is -0.0654 e. The quantitative estimate of drug-likeness (QED) is 0.115. The molecular formula is C52H68. The van der Waals surface area contributed by atoms with E-state index in [1.807, 2.05) is 0 Å². The van der Waals surface area contributed by atoms with Gasteiger partial charge in [-0.25, -0.2) is 0 Å². The number of hydrogen-bond acceptors (Lipinski definition) is 0. The highest BCUT2D eigenvalue weighted by Gasteiger charge is 2.66. The summed E-state index contributed by atoms with van der Waals surface area (Å²) in [7, 11) is 0. The van der Waals surface area contributed by atoms with Crippen molar-refractivity contribution < 1.29 is 0 Å². The van der Waals surface area contributed by atoms with Crippen molar-refractivity contribution in [2.75, 3.05) is 0 Å². The zero-order valence-electron chi connectivity index (χ0n) is 34.2. The fourth-order valence-corrected chi connectivity index (χ4v) is 12.4. The first kappa shape index (κ1) is 37.2. The van der Waals surface area contributed by atoms with Gasteiger partial charge in [-0.15, -0.1) is 0 Å². The predicted octanol–water partition coefficient (Wildman–Crippen LogP) is 15.6. The summed E-state index contributed by atoms with van der Waals surface area (Å²) >= 11 is 0. The van der Waals surface area contributed by atoms with Crippen molar-refractivity contribution >= 4 is 0 Å². The van der Waals surface area contributed by atoms with Crippen LogP contribution in [0.4, 0.5) is 0 Å². The van der Waals surface area contributed by atoms with Gasteiger partial charge < -0.3 is 0 Å². The number of aryl methyl sites for hydroxylation is 6. The first-order chi connectivity index (χ1) is 25.1. The van der Waals surface area contributed by atoms with Gasteiger partial charge in [0.2, 0.25) is 0 Å². The summed E-state index contributed by atoms with van der Waals surface area (Å²) in [4.78, 5) is 0. The Bertz CT molecular complexity index is 1700. The van der Waals surface area contributed by atoms with Crippen molar-refractivity contribution in [1.82, 2.24) is 0 Å². The maximum atomic E-state index is 2.73. The van der Waals surface area contributed by atoms with Crippen LogP contribution < -0.4 is 0 Å². The van der Waals surface area contributed by atoms with E-state index < -0.39 is 0 Å². The molecule has 0 aliphatic heterocycles. The molecular weight excluding hydrogens is 625 g/mol. The summed E-state index contributed by atoms with van der Waals surface area (Å²) in [5.41, 5.74) is 21.1. The van der Waals surface area contributed by atoms with Crippen molar-refractivity contribution in [3.63, 3.8) is 0 Å². The number of rotatable bonds is 14. The Kier molecular flexibility index (Phi) is 11.0. The second-order valence-corrected chi connectivity index (χ2v) is 18.2. The van der Waals surface area contributed by atoms with E-state index in [0.717, 1.165) is 11.8 Å². The molecule has 2 fully saturated rings. The largest absolute Gasteiger partial charge is 0.0654 e. The third-order valence-corrected chi connectivity index (χ3v) is 14.2. The molecule has 0 saturated heterocycles. The predicted molar refractivity (Wildman–Crippen MR) is 227 cm³/mol. The lowest BCUT2D eigenvalue weighted by Gasteiger charge is -2.48. The topological polar surface area (TPSA) is 0 Å². The zero-order valence-corrected chi connectivity index (χ0v) is 34.2. The molecule has 0 radical (unpaired) electrons. The summed E-state index contributed by atoms with van der Waals surface area (Å²) in [6.07, 6.45) is 22.2. The van der Waals surface area contributed by atoms with Crippen molar-refractivity contribution in [2.45, 2.75) is 169 Å². The fraction of sp³-hybridized carbons (Fsp3) is 0.538. The van der Waals surface area contributed by atoms with Crippen molar-refractivity contribution in [3.05, 3.63) is 105 Å². The molecule has 0 unspecified atom stereocenters. The molecule has 2 saturated carbocycles. The van der Waals surface area contributed by atoms with Crippen LogP contribution in [0.25, 0.3) is 33.4 Å². The van der Waals surface area contributed by atoms with Crippen molar-refractivity contribution in [3.8, 4) is 33.4 Å². The summed E-state index contributed by atoms with van der Waals surface area (Å²) in [6, 6.07) is 25.1. The lowest BCUT2D eigenvalue weighted by atomic mass is 9.55. The molecule has 276 valence electrons. The van der Waals surface area contributed by atoms with Gasteiger partial charge in [0, 0.05) is 10.8 Å². The number of fused-ring (bicyclic) bond motifs is 3. The van der Waals surface area contributed by atoms with Crippen molar-refractivity contribution in [2.24, 2.45) is 11.8 Å². The van der Waals surface area contributed by atoms with E-state index in [9.17, 15) is 0 Å². The molecule has 4 aromatic carbocycles. The third-order valence-electron chi connectivity index (χ3n) is 14.2. The first-order valence-corrected chi connectivity index (χ1v) is 21.6. The van der Waals surface area contributed by atoms with Gasteiger partial charge in [-0.2, -0.15) is 0 Å². The number of hydrogen-bond donors (Lipinski definition) is 0. The molecule has 3 aliphatic rings. The Morgan fingerprint density at radius 2 is 0.788 bits per heavy atom. The summed E-state index contributed by atoms with van der Waals surface area (Å²) < 4.78 is 0. The minimum atomic E-state index is 0.218. The van der Waals surface area contributed by atoms with Crippen LogP contribution in [0, 0.1) is 53.4 Å².